The van der Waals surface area contributed by atoms with Gasteiger partial charge in [0.25, 0.3) is 0 Å². The second kappa shape index (κ2) is 8.46. The van der Waals surface area contributed by atoms with Crippen LogP contribution >= 0.6 is 0 Å². The molecule has 2 aromatic carbocycles. The van der Waals surface area contributed by atoms with E-state index in [4.69, 9.17) is 23.7 Å². The summed E-state index contributed by atoms with van der Waals surface area (Å²) in [6.07, 6.45) is 0.211. The van der Waals surface area contributed by atoms with Crippen molar-refractivity contribution in [3.63, 3.8) is 0 Å². The van der Waals surface area contributed by atoms with Crippen LogP contribution in [0.5, 0.6) is 11.5 Å². The van der Waals surface area contributed by atoms with Gasteiger partial charge in [-0.2, -0.15) is 0 Å². The molecule has 0 aromatic heterocycles. The van der Waals surface area contributed by atoms with Gasteiger partial charge in [-0.1, -0.05) is 11.8 Å². The Balaban J connectivity index is 1.32. The molecule has 2 aliphatic heterocycles. The highest BCUT2D eigenvalue weighted by Crippen LogP contribution is 2.24. The Hall–Kier alpha value is -2.52. The maximum atomic E-state index is 5.91. The summed E-state index contributed by atoms with van der Waals surface area (Å²) in [5.74, 6) is 7.54. The van der Waals surface area contributed by atoms with Crippen LogP contribution in [0.15, 0.2) is 42.5 Å². The molecule has 2 aliphatic rings. The van der Waals surface area contributed by atoms with Gasteiger partial charge in [-0.05, 0) is 68.8 Å². The van der Waals surface area contributed by atoms with Crippen molar-refractivity contribution in [2.24, 2.45) is 0 Å². The van der Waals surface area contributed by atoms with Crippen LogP contribution in [0.3, 0.4) is 0 Å². The first-order chi connectivity index (χ1) is 14.0. The van der Waals surface area contributed by atoms with Crippen LogP contribution in [0.2, 0.25) is 0 Å². The Bertz CT molecular complexity index is 903. The van der Waals surface area contributed by atoms with E-state index >= 15 is 0 Å². The number of rotatable bonds is 6. The molecular formula is C24H26O5. The predicted molar refractivity (Wildman–Crippen MR) is 109 cm³/mol. The normalized spacial score (nSPS) is 21.9. The molecule has 0 amide bonds. The van der Waals surface area contributed by atoms with E-state index in [1.807, 2.05) is 63.2 Å². The van der Waals surface area contributed by atoms with Gasteiger partial charge in [-0.3, -0.25) is 0 Å². The highest BCUT2D eigenvalue weighted by Gasteiger charge is 2.33. The molecule has 0 saturated carbocycles. The van der Waals surface area contributed by atoms with Crippen LogP contribution in [0.1, 0.15) is 30.5 Å². The molecule has 2 heterocycles. The van der Waals surface area contributed by atoms with E-state index in [2.05, 4.69) is 11.8 Å². The predicted octanol–water partition coefficient (Wildman–Crippen LogP) is 3.70. The second-order valence-corrected chi connectivity index (χ2v) is 7.78. The average molecular weight is 394 g/mol. The van der Waals surface area contributed by atoms with Gasteiger partial charge in [0.1, 0.15) is 36.9 Å². The smallest absolute Gasteiger partial charge is 0.163 e. The van der Waals surface area contributed by atoms with E-state index < -0.39 is 5.79 Å². The van der Waals surface area contributed by atoms with Gasteiger partial charge in [0.15, 0.2) is 5.79 Å². The zero-order chi connectivity index (χ0) is 20.3. The molecule has 152 valence electrons. The molecule has 0 N–H and O–H groups in total. The fourth-order valence-electron chi connectivity index (χ4n) is 3.05. The van der Waals surface area contributed by atoms with Crippen molar-refractivity contribution in [3.8, 4) is 23.3 Å². The lowest BCUT2D eigenvalue weighted by Gasteiger charge is -2.17. The molecule has 4 rings (SSSR count). The molecule has 2 atom stereocenters. The molecule has 29 heavy (non-hydrogen) atoms. The van der Waals surface area contributed by atoms with Crippen molar-refractivity contribution in [2.45, 2.75) is 38.8 Å². The highest BCUT2D eigenvalue weighted by atomic mass is 16.7. The van der Waals surface area contributed by atoms with Crippen LogP contribution < -0.4 is 9.47 Å². The first-order valence-electron chi connectivity index (χ1n) is 9.88. The maximum Gasteiger partial charge on any atom is 0.163 e. The minimum atomic E-state index is -0.529. The first kappa shape index (κ1) is 19.8. The number of epoxide rings is 1. The first-order valence-corrected chi connectivity index (χ1v) is 9.88. The van der Waals surface area contributed by atoms with Crippen molar-refractivity contribution >= 4 is 0 Å². The molecule has 0 unspecified atom stereocenters. The molecule has 5 heteroatoms. The fourth-order valence-corrected chi connectivity index (χ4v) is 3.05. The SMILES string of the molecule is Cc1cc(C#Cc2ccc(OC[C@H]3CO3)cc2)ccc1OC[C@H]1COC(C)(C)O1. The molecule has 2 fully saturated rings. The Kier molecular flexibility index (Phi) is 5.77. The van der Waals surface area contributed by atoms with Crippen LogP contribution in [0, 0.1) is 18.8 Å². The van der Waals surface area contributed by atoms with Gasteiger partial charge in [0.05, 0.1) is 13.2 Å². The van der Waals surface area contributed by atoms with Crippen LogP contribution in [-0.4, -0.2) is 44.4 Å². The van der Waals surface area contributed by atoms with Crippen molar-refractivity contribution in [2.75, 3.05) is 26.4 Å². The number of ether oxygens (including phenoxy) is 5. The summed E-state index contributed by atoms with van der Waals surface area (Å²) in [5.41, 5.74) is 2.93. The van der Waals surface area contributed by atoms with E-state index in [9.17, 15) is 0 Å². The Labute approximate surface area is 171 Å². The summed E-state index contributed by atoms with van der Waals surface area (Å²) in [6.45, 7) is 8.27. The van der Waals surface area contributed by atoms with Gasteiger partial charge in [-0.15, -0.1) is 0 Å². The lowest BCUT2D eigenvalue weighted by Crippen LogP contribution is -2.25. The molecule has 0 bridgehead atoms. The summed E-state index contributed by atoms with van der Waals surface area (Å²) < 4.78 is 28.0. The molecule has 0 spiro atoms. The van der Waals surface area contributed by atoms with Crippen LogP contribution in [0.4, 0.5) is 0 Å². The molecule has 5 nitrogen and oxygen atoms in total. The van der Waals surface area contributed by atoms with E-state index in [0.717, 1.165) is 34.8 Å². The van der Waals surface area contributed by atoms with Gasteiger partial charge in [0, 0.05) is 11.1 Å². The lowest BCUT2D eigenvalue weighted by atomic mass is 10.1. The van der Waals surface area contributed by atoms with Crippen molar-refractivity contribution < 1.29 is 23.7 Å². The number of benzene rings is 2. The van der Waals surface area contributed by atoms with E-state index in [0.29, 0.717) is 19.8 Å². The number of hydrogen-bond donors (Lipinski definition) is 0. The Morgan fingerprint density at radius 3 is 2.28 bits per heavy atom. The molecular weight excluding hydrogens is 368 g/mol. The van der Waals surface area contributed by atoms with E-state index in [-0.39, 0.29) is 12.2 Å². The maximum absolute atomic E-state index is 5.91. The largest absolute Gasteiger partial charge is 0.491 e. The monoisotopic (exact) mass is 394 g/mol. The van der Waals surface area contributed by atoms with Gasteiger partial charge in [0.2, 0.25) is 0 Å². The third-order valence-corrected chi connectivity index (χ3v) is 4.71. The second-order valence-electron chi connectivity index (χ2n) is 7.78. The zero-order valence-corrected chi connectivity index (χ0v) is 17.1. The Morgan fingerprint density at radius 1 is 0.931 bits per heavy atom. The van der Waals surface area contributed by atoms with Crippen LogP contribution in [-0.2, 0) is 14.2 Å². The molecule has 0 radical (unpaired) electrons. The minimum absolute atomic E-state index is 0.0485. The molecule has 0 aliphatic carbocycles. The zero-order valence-electron chi connectivity index (χ0n) is 17.1. The summed E-state index contributed by atoms with van der Waals surface area (Å²) in [5, 5.41) is 0. The number of hydrogen-bond acceptors (Lipinski definition) is 5. The average Bonchev–Trinajstić information content (AvgIpc) is 3.47. The summed E-state index contributed by atoms with van der Waals surface area (Å²) in [7, 11) is 0. The third kappa shape index (κ3) is 5.74. The van der Waals surface area contributed by atoms with E-state index in [1.54, 1.807) is 0 Å². The topological polar surface area (TPSA) is 49.5 Å². The lowest BCUT2D eigenvalue weighted by molar-refractivity contribution is -0.141. The number of aryl methyl sites for hydroxylation is 1. The van der Waals surface area contributed by atoms with Crippen molar-refractivity contribution in [3.05, 3.63) is 59.2 Å². The standard InChI is InChI=1S/C24H26O5/c1-17-12-19(8-11-23(17)27-15-22-16-28-24(2,3)29-22)5-4-18-6-9-20(10-7-18)25-13-21-14-26-21/h6-12,21-22H,13-16H2,1-3H3/t21-,22-/m0/s1. The molecule has 2 saturated heterocycles. The Morgan fingerprint density at radius 2 is 1.62 bits per heavy atom. The van der Waals surface area contributed by atoms with Crippen molar-refractivity contribution in [1.82, 2.24) is 0 Å². The van der Waals surface area contributed by atoms with Gasteiger partial charge >= 0.3 is 0 Å². The summed E-state index contributed by atoms with van der Waals surface area (Å²) in [4.78, 5) is 0. The van der Waals surface area contributed by atoms with Crippen molar-refractivity contribution in [1.29, 1.82) is 0 Å². The third-order valence-electron chi connectivity index (χ3n) is 4.71. The quantitative estimate of drug-likeness (QED) is 0.552. The molecule has 2 aromatic rings. The van der Waals surface area contributed by atoms with Gasteiger partial charge < -0.3 is 23.7 Å². The fraction of sp³-hybridized carbons (Fsp3) is 0.417. The highest BCUT2D eigenvalue weighted by molar-refractivity contribution is 5.47. The summed E-state index contributed by atoms with van der Waals surface area (Å²) >= 11 is 0. The van der Waals surface area contributed by atoms with Crippen LogP contribution in [0.25, 0.3) is 0 Å². The van der Waals surface area contributed by atoms with Gasteiger partial charge in [-0.25, -0.2) is 0 Å². The minimum Gasteiger partial charge on any atom is -0.491 e. The van der Waals surface area contributed by atoms with E-state index in [1.165, 1.54) is 0 Å². The summed E-state index contributed by atoms with van der Waals surface area (Å²) in [6, 6.07) is 13.8.